The van der Waals surface area contributed by atoms with Gasteiger partial charge < -0.3 is 9.88 Å². The summed E-state index contributed by atoms with van der Waals surface area (Å²) in [6, 6.07) is 13.4. The second-order valence-corrected chi connectivity index (χ2v) is 6.80. The minimum atomic E-state index is 0.0761. The van der Waals surface area contributed by atoms with Crippen LogP contribution in [0.15, 0.2) is 42.5 Å². The molecule has 0 aliphatic carbocycles. The van der Waals surface area contributed by atoms with Crippen LogP contribution in [0, 0.1) is 0 Å². The van der Waals surface area contributed by atoms with Crippen molar-refractivity contribution in [2.24, 2.45) is 0 Å². The number of halogens is 2. The van der Waals surface area contributed by atoms with E-state index in [1.807, 2.05) is 36.4 Å². The average molecular weight is 376 g/mol. The normalized spacial score (nSPS) is 11.0. The predicted molar refractivity (Wildman–Crippen MR) is 102 cm³/mol. The van der Waals surface area contributed by atoms with Crippen LogP contribution >= 0.6 is 23.2 Å². The van der Waals surface area contributed by atoms with Gasteiger partial charge in [0.15, 0.2) is 0 Å². The zero-order valence-corrected chi connectivity index (χ0v) is 15.4. The van der Waals surface area contributed by atoms with Crippen molar-refractivity contribution in [1.29, 1.82) is 0 Å². The number of amides is 1. The van der Waals surface area contributed by atoms with E-state index in [4.69, 9.17) is 23.2 Å². The molecule has 0 radical (unpaired) electrons. The van der Waals surface area contributed by atoms with Crippen molar-refractivity contribution in [3.63, 3.8) is 0 Å². The second-order valence-electron chi connectivity index (χ2n) is 6.02. The largest absolute Gasteiger partial charge is 0.342 e. The molecule has 2 aromatic carbocycles. The van der Waals surface area contributed by atoms with Crippen molar-refractivity contribution in [3.8, 4) is 0 Å². The van der Waals surface area contributed by atoms with Crippen molar-refractivity contribution in [1.82, 2.24) is 14.9 Å². The molecule has 0 spiro atoms. The Morgan fingerprint density at radius 3 is 2.76 bits per heavy atom. The quantitative estimate of drug-likeness (QED) is 0.669. The van der Waals surface area contributed by atoms with E-state index in [-0.39, 0.29) is 5.91 Å². The van der Waals surface area contributed by atoms with Crippen molar-refractivity contribution in [2.75, 3.05) is 7.05 Å². The fourth-order valence-electron chi connectivity index (χ4n) is 2.74. The van der Waals surface area contributed by atoms with Gasteiger partial charge in [-0.3, -0.25) is 4.79 Å². The van der Waals surface area contributed by atoms with Gasteiger partial charge in [0.25, 0.3) is 0 Å². The van der Waals surface area contributed by atoms with E-state index in [1.165, 1.54) is 0 Å². The molecule has 6 heteroatoms. The van der Waals surface area contributed by atoms with Crippen LogP contribution in [0.5, 0.6) is 0 Å². The molecule has 0 bridgehead atoms. The van der Waals surface area contributed by atoms with Gasteiger partial charge in [0.05, 0.1) is 21.1 Å². The first-order valence-electron chi connectivity index (χ1n) is 8.15. The van der Waals surface area contributed by atoms with E-state index < -0.39 is 0 Å². The van der Waals surface area contributed by atoms with Gasteiger partial charge in [0, 0.05) is 26.4 Å². The van der Waals surface area contributed by atoms with Crippen LogP contribution in [0.25, 0.3) is 11.0 Å². The van der Waals surface area contributed by atoms with E-state index in [1.54, 1.807) is 18.0 Å². The maximum Gasteiger partial charge on any atom is 0.222 e. The molecule has 0 unspecified atom stereocenters. The highest BCUT2D eigenvalue weighted by Gasteiger charge is 2.13. The molecule has 1 aromatic heterocycles. The zero-order chi connectivity index (χ0) is 17.8. The fraction of sp³-hybridized carbons (Fsp3) is 0.263. The monoisotopic (exact) mass is 375 g/mol. The molecule has 130 valence electrons. The number of nitrogens with zero attached hydrogens (tertiary/aromatic N) is 2. The van der Waals surface area contributed by atoms with Crippen LogP contribution in [0.1, 0.15) is 24.2 Å². The summed E-state index contributed by atoms with van der Waals surface area (Å²) in [6.07, 6.45) is 1.95. The lowest BCUT2D eigenvalue weighted by Crippen LogP contribution is -2.26. The predicted octanol–water partition coefficient (Wildman–Crippen LogP) is 4.85. The third-order valence-corrected chi connectivity index (χ3v) is 4.97. The number of para-hydroxylation sites is 2. The van der Waals surface area contributed by atoms with Gasteiger partial charge >= 0.3 is 0 Å². The Bertz CT molecular complexity index is 858. The van der Waals surface area contributed by atoms with Gasteiger partial charge in [0.1, 0.15) is 5.82 Å². The highest BCUT2D eigenvalue weighted by molar-refractivity contribution is 6.42. The standard InChI is InChI=1S/C19H19Cl2N3O/c1-24(12-13-6-4-7-14(20)19(13)21)18(25)11-5-10-17-22-15-8-2-3-9-16(15)23-17/h2-4,6-9H,5,10-12H2,1H3,(H,22,23). The molecule has 25 heavy (non-hydrogen) atoms. The average Bonchev–Trinajstić information content (AvgIpc) is 3.01. The molecule has 1 N–H and O–H groups in total. The van der Waals surface area contributed by atoms with E-state index in [0.717, 1.165) is 35.3 Å². The number of carbonyl (C=O) groups is 1. The summed E-state index contributed by atoms with van der Waals surface area (Å²) in [6.45, 7) is 0.447. The number of aryl methyl sites for hydroxylation is 1. The Morgan fingerprint density at radius 1 is 1.16 bits per heavy atom. The number of nitrogens with one attached hydrogen (secondary N) is 1. The lowest BCUT2D eigenvalue weighted by Gasteiger charge is -2.18. The molecule has 3 rings (SSSR count). The summed E-state index contributed by atoms with van der Waals surface area (Å²) in [4.78, 5) is 21.8. The summed E-state index contributed by atoms with van der Waals surface area (Å²) >= 11 is 12.2. The Kier molecular flexibility index (Phi) is 5.61. The fourth-order valence-corrected chi connectivity index (χ4v) is 3.12. The van der Waals surface area contributed by atoms with Crippen molar-refractivity contribution >= 4 is 40.1 Å². The molecule has 0 aliphatic heterocycles. The number of rotatable bonds is 6. The Hall–Kier alpha value is -2.04. The van der Waals surface area contributed by atoms with Crippen LogP contribution < -0.4 is 0 Å². The number of hydrogen-bond donors (Lipinski definition) is 1. The second kappa shape index (κ2) is 7.89. The maximum absolute atomic E-state index is 12.3. The molecule has 1 amide bonds. The number of H-pyrrole nitrogens is 1. The number of aromatic nitrogens is 2. The van der Waals surface area contributed by atoms with Crippen LogP contribution in [0.2, 0.25) is 10.0 Å². The molecule has 0 saturated heterocycles. The summed E-state index contributed by atoms with van der Waals surface area (Å²) < 4.78 is 0. The van der Waals surface area contributed by atoms with E-state index in [2.05, 4.69) is 9.97 Å². The van der Waals surface area contributed by atoms with Crippen LogP contribution in [-0.4, -0.2) is 27.8 Å². The van der Waals surface area contributed by atoms with E-state index >= 15 is 0 Å². The Morgan fingerprint density at radius 2 is 1.96 bits per heavy atom. The molecule has 4 nitrogen and oxygen atoms in total. The summed E-state index contributed by atoms with van der Waals surface area (Å²) in [5, 5.41) is 1.01. The van der Waals surface area contributed by atoms with Crippen LogP contribution in [0.3, 0.4) is 0 Å². The lowest BCUT2D eigenvalue weighted by atomic mass is 10.2. The first kappa shape index (κ1) is 17.8. The molecule has 0 fully saturated rings. The number of imidazole rings is 1. The van der Waals surface area contributed by atoms with Gasteiger partial charge in [-0.1, -0.05) is 47.5 Å². The highest BCUT2D eigenvalue weighted by atomic mass is 35.5. The van der Waals surface area contributed by atoms with Crippen molar-refractivity contribution in [3.05, 3.63) is 63.9 Å². The summed E-state index contributed by atoms with van der Waals surface area (Å²) in [5.41, 5.74) is 2.83. The third-order valence-electron chi connectivity index (χ3n) is 4.11. The zero-order valence-electron chi connectivity index (χ0n) is 13.9. The Balaban J connectivity index is 1.52. The number of carbonyl (C=O) groups excluding carboxylic acids is 1. The van der Waals surface area contributed by atoms with Gasteiger partial charge in [-0.2, -0.15) is 0 Å². The number of aromatic amines is 1. The molecule has 1 heterocycles. The van der Waals surface area contributed by atoms with Gasteiger partial charge in [0.2, 0.25) is 5.91 Å². The lowest BCUT2D eigenvalue weighted by molar-refractivity contribution is -0.130. The topological polar surface area (TPSA) is 49.0 Å². The third kappa shape index (κ3) is 4.33. The molecule has 0 atom stereocenters. The molecular formula is C19H19Cl2N3O. The Labute approximate surface area is 156 Å². The molecule has 0 aliphatic rings. The molecule has 0 saturated carbocycles. The minimum Gasteiger partial charge on any atom is -0.342 e. The number of fused-ring (bicyclic) bond motifs is 1. The highest BCUT2D eigenvalue weighted by Crippen LogP contribution is 2.26. The number of hydrogen-bond acceptors (Lipinski definition) is 2. The molecular weight excluding hydrogens is 357 g/mol. The van der Waals surface area contributed by atoms with Gasteiger partial charge in [-0.25, -0.2) is 4.98 Å². The van der Waals surface area contributed by atoms with Gasteiger partial charge in [-0.05, 0) is 30.2 Å². The van der Waals surface area contributed by atoms with Crippen LogP contribution in [-0.2, 0) is 17.8 Å². The molecule has 3 aromatic rings. The van der Waals surface area contributed by atoms with Crippen molar-refractivity contribution in [2.45, 2.75) is 25.8 Å². The maximum atomic E-state index is 12.3. The minimum absolute atomic E-state index is 0.0761. The summed E-state index contributed by atoms with van der Waals surface area (Å²) in [5.74, 6) is 0.988. The first-order valence-corrected chi connectivity index (χ1v) is 8.90. The van der Waals surface area contributed by atoms with E-state index in [9.17, 15) is 4.79 Å². The SMILES string of the molecule is CN(Cc1cccc(Cl)c1Cl)C(=O)CCCc1nc2ccccc2[nH]1. The summed E-state index contributed by atoms with van der Waals surface area (Å²) in [7, 11) is 1.78. The number of benzene rings is 2. The van der Waals surface area contributed by atoms with Gasteiger partial charge in [-0.15, -0.1) is 0 Å². The van der Waals surface area contributed by atoms with E-state index in [0.29, 0.717) is 23.0 Å². The van der Waals surface area contributed by atoms with Crippen molar-refractivity contribution < 1.29 is 4.79 Å². The smallest absolute Gasteiger partial charge is 0.222 e. The van der Waals surface area contributed by atoms with Crippen LogP contribution in [0.4, 0.5) is 0 Å². The first-order chi connectivity index (χ1) is 12.0.